The van der Waals surface area contributed by atoms with E-state index in [0.29, 0.717) is 17.3 Å². The van der Waals surface area contributed by atoms with Crippen LogP contribution in [-0.2, 0) is 4.79 Å². The molecule has 0 aromatic heterocycles. The Balaban J connectivity index is 1.82. The zero-order valence-electron chi connectivity index (χ0n) is 16.2. The second-order valence-electron chi connectivity index (χ2n) is 6.41. The Morgan fingerprint density at radius 2 is 1.52 bits per heavy atom. The third-order valence-corrected chi connectivity index (χ3v) is 4.64. The van der Waals surface area contributed by atoms with Gasteiger partial charge in [0.05, 0.1) is 25.5 Å². The molecular weight excluding hydrogens is 364 g/mol. The summed E-state index contributed by atoms with van der Waals surface area (Å²) in [4.78, 5) is 19.6. The molecule has 0 saturated carbocycles. The van der Waals surface area contributed by atoms with Crippen molar-refractivity contribution < 1.29 is 14.3 Å². The number of amidine groups is 1. The largest absolute Gasteiger partial charge is 0.497 e. The number of aliphatic imine (C=N–C) groups is 1. The molecular formula is C24H20N2O3. The van der Waals surface area contributed by atoms with Crippen LogP contribution in [0.4, 0.5) is 5.69 Å². The number of para-hydroxylation sites is 2. The minimum Gasteiger partial charge on any atom is -0.497 e. The highest BCUT2D eigenvalue weighted by Crippen LogP contribution is 2.31. The average Bonchev–Trinajstić information content (AvgIpc) is 3.10. The molecule has 1 aliphatic rings. The number of methoxy groups -OCH3 is 2. The lowest BCUT2D eigenvalue weighted by atomic mass is 10.1. The van der Waals surface area contributed by atoms with Gasteiger partial charge < -0.3 is 9.47 Å². The highest BCUT2D eigenvalue weighted by Gasteiger charge is 2.33. The quantitative estimate of drug-likeness (QED) is 0.607. The van der Waals surface area contributed by atoms with Gasteiger partial charge in [-0.05, 0) is 48.0 Å². The van der Waals surface area contributed by atoms with E-state index in [2.05, 4.69) is 4.99 Å². The van der Waals surface area contributed by atoms with Crippen molar-refractivity contribution >= 4 is 23.5 Å². The van der Waals surface area contributed by atoms with E-state index in [0.717, 1.165) is 22.6 Å². The first-order chi connectivity index (χ1) is 14.2. The van der Waals surface area contributed by atoms with Gasteiger partial charge in [0, 0.05) is 0 Å². The fourth-order valence-electron chi connectivity index (χ4n) is 3.20. The summed E-state index contributed by atoms with van der Waals surface area (Å²) in [5, 5.41) is 0. The van der Waals surface area contributed by atoms with Crippen LogP contribution < -0.4 is 14.4 Å². The summed E-state index contributed by atoms with van der Waals surface area (Å²) >= 11 is 0. The van der Waals surface area contributed by atoms with Crippen LogP contribution in [0.3, 0.4) is 0 Å². The standard InChI is InChI=1S/C24H20N2O3/c1-28-19-14-12-17(13-15-19)16-21-24(27)26(18-8-4-3-5-9-18)23(25-21)20-10-6-7-11-22(20)29-2/h3-16H,1-2H3. The smallest absolute Gasteiger partial charge is 0.282 e. The monoisotopic (exact) mass is 384 g/mol. The maximum absolute atomic E-state index is 13.3. The zero-order valence-corrected chi connectivity index (χ0v) is 16.2. The lowest BCUT2D eigenvalue weighted by molar-refractivity contribution is -0.113. The molecule has 0 radical (unpaired) electrons. The van der Waals surface area contributed by atoms with Crippen molar-refractivity contribution in [2.75, 3.05) is 19.1 Å². The fraction of sp³-hybridized carbons (Fsp3) is 0.0833. The Morgan fingerprint density at radius 1 is 0.828 bits per heavy atom. The second-order valence-corrected chi connectivity index (χ2v) is 6.41. The van der Waals surface area contributed by atoms with Crippen LogP contribution in [0.25, 0.3) is 6.08 Å². The molecule has 3 aromatic rings. The first kappa shape index (κ1) is 18.5. The normalized spacial score (nSPS) is 14.8. The molecule has 1 amide bonds. The van der Waals surface area contributed by atoms with Crippen LogP contribution in [0.15, 0.2) is 89.6 Å². The summed E-state index contributed by atoms with van der Waals surface area (Å²) in [5.74, 6) is 1.77. The van der Waals surface area contributed by atoms with Crippen molar-refractivity contribution in [3.63, 3.8) is 0 Å². The van der Waals surface area contributed by atoms with Gasteiger partial charge in [-0.1, -0.05) is 42.5 Å². The van der Waals surface area contributed by atoms with Crippen LogP contribution >= 0.6 is 0 Å². The van der Waals surface area contributed by atoms with Crippen molar-refractivity contribution in [1.82, 2.24) is 0 Å². The lowest BCUT2D eigenvalue weighted by Gasteiger charge is -2.19. The van der Waals surface area contributed by atoms with Crippen LogP contribution in [0.2, 0.25) is 0 Å². The van der Waals surface area contributed by atoms with E-state index in [1.165, 1.54) is 0 Å². The molecule has 4 rings (SSSR count). The molecule has 0 spiro atoms. The topological polar surface area (TPSA) is 51.1 Å². The fourth-order valence-corrected chi connectivity index (χ4v) is 3.20. The SMILES string of the molecule is COc1ccc(C=C2N=C(c3ccccc3OC)N(c3ccccc3)C2=O)cc1. The van der Waals surface area contributed by atoms with Gasteiger partial charge in [0.2, 0.25) is 0 Å². The first-order valence-electron chi connectivity index (χ1n) is 9.18. The number of rotatable bonds is 5. The first-order valence-corrected chi connectivity index (χ1v) is 9.18. The molecule has 29 heavy (non-hydrogen) atoms. The van der Waals surface area contributed by atoms with Crippen molar-refractivity contribution in [1.29, 1.82) is 0 Å². The maximum atomic E-state index is 13.3. The Bertz CT molecular complexity index is 1090. The maximum Gasteiger partial charge on any atom is 0.282 e. The average molecular weight is 384 g/mol. The van der Waals surface area contributed by atoms with Gasteiger partial charge in [-0.25, -0.2) is 4.99 Å². The molecule has 5 heteroatoms. The summed E-state index contributed by atoms with van der Waals surface area (Å²) in [5.41, 5.74) is 2.73. The molecule has 0 saturated heterocycles. The molecule has 1 aliphatic heterocycles. The van der Waals surface area contributed by atoms with E-state index in [1.54, 1.807) is 25.2 Å². The van der Waals surface area contributed by atoms with Crippen LogP contribution in [0.5, 0.6) is 11.5 Å². The Morgan fingerprint density at radius 3 is 2.21 bits per heavy atom. The number of ether oxygens (including phenoxy) is 2. The number of carbonyl (C=O) groups excluding carboxylic acids is 1. The van der Waals surface area contributed by atoms with Crippen LogP contribution in [0, 0.1) is 0 Å². The lowest BCUT2D eigenvalue weighted by Crippen LogP contribution is -2.32. The molecule has 0 aliphatic carbocycles. The predicted molar refractivity (Wildman–Crippen MR) is 114 cm³/mol. The number of hydrogen-bond donors (Lipinski definition) is 0. The minimum atomic E-state index is -0.187. The Labute approximate surface area is 169 Å². The molecule has 0 unspecified atom stereocenters. The van der Waals surface area contributed by atoms with Gasteiger partial charge in [-0.2, -0.15) is 0 Å². The minimum absolute atomic E-state index is 0.187. The highest BCUT2D eigenvalue weighted by atomic mass is 16.5. The van der Waals surface area contributed by atoms with E-state index >= 15 is 0 Å². The van der Waals surface area contributed by atoms with Gasteiger partial charge in [-0.3, -0.25) is 9.69 Å². The number of benzene rings is 3. The zero-order chi connectivity index (χ0) is 20.2. The van der Waals surface area contributed by atoms with E-state index in [1.807, 2.05) is 78.9 Å². The van der Waals surface area contributed by atoms with Crippen molar-refractivity contribution in [2.24, 2.45) is 4.99 Å². The molecule has 0 fully saturated rings. The number of hydrogen-bond acceptors (Lipinski definition) is 4. The molecule has 3 aromatic carbocycles. The van der Waals surface area contributed by atoms with Gasteiger partial charge >= 0.3 is 0 Å². The van der Waals surface area contributed by atoms with Crippen molar-refractivity contribution in [3.05, 3.63) is 95.7 Å². The van der Waals surface area contributed by atoms with E-state index in [-0.39, 0.29) is 5.91 Å². The number of nitrogens with zero attached hydrogens (tertiary/aromatic N) is 2. The summed E-state index contributed by atoms with van der Waals surface area (Å²) < 4.78 is 10.7. The summed E-state index contributed by atoms with van der Waals surface area (Å²) in [6.07, 6.45) is 1.78. The van der Waals surface area contributed by atoms with Gasteiger partial charge in [0.15, 0.2) is 5.84 Å². The van der Waals surface area contributed by atoms with Crippen LogP contribution in [-0.4, -0.2) is 26.0 Å². The van der Waals surface area contributed by atoms with Crippen molar-refractivity contribution in [3.8, 4) is 11.5 Å². The van der Waals surface area contributed by atoms with Crippen molar-refractivity contribution in [2.45, 2.75) is 0 Å². The summed E-state index contributed by atoms with van der Waals surface area (Å²) in [7, 11) is 3.23. The number of amides is 1. The predicted octanol–water partition coefficient (Wildman–Crippen LogP) is 4.54. The van der Waals surface area contributed by atoms with E-state index in [4.69, 9.17) is 9.47 Å². The molecule has 0 bridgehead atoms. The van der Waals surface area contributed by atoms with E-state index < -0.39 is 0 Å². The second kappa shape index (κ2) is 8.02. The third-order valence-electron chi connectivity index (χ3n) is 4.64. The summed E-state index contributed by atoms with van der Waals surface area (Å²) in [6, 6.07) is 24.5. The third kappa shape index (κ3) is 3.62. The summed E-state index contributed by atoms with van der Waals surface area (Å²) in [6.45, 7) is 0. The molecule has 5 nitrogen and oxygen atoms in total. The van der Waals surface area contributed by atoms with E-state index in [9.17, 15) is 4.79 Å². The molecule has 144 valence electrons. The number of anilines is 1. The highest BCUT2D eigenvalue weighted by molar-refractivity contribution is 6.33. The Kier molecular flexibility index (Phi) is 5.12. The molecule has 1 heterocycles. The van der Waals surface area contributed by atoms with Gasteiger partial charge in [0.1, 0.15) is 17.2 Å². The van der Waals surface area contributed by atoms with Crippen LogP contribution in [0.1, 0.15) is 11.1 Å². The molecule has 0 atom stereocenters. The number of carbonyl (C=O) groups is 1. The molecule has 0 N–H and O–H groups in total. The van der Waals surface area contributed by atoms with Gasteiger partial charge in [0.25, 0.3) is 5.91 Å². The Hall–Kier alpha value is -3.86. The van der Waals surface area contributed by atoms with Gasteiger partial charge in [-0.15, -0.1) is 0 Å².